The van der Waals surface area contributed by atoms with Crippen LogP contribution < -0.4 is 4.74 Å². The van der Waals surface area contributed by atoms with Crippen LogP contribution in [0.15, 0.2) is 24.5 Å². The molecule has 1 unspecified atom stereocenters. The van der Waals surface area contributed by atoms with Crippen molar-refractivity contribution in [2.75, 3.05) is 26.3 Å². The fourth-order valence-corrected chi connectivity index (χ4v) is 3.26. The van der Waals surface area contributed by atoms with Gasteiger partial charge in [0.25, 0.3) is 5.91 Å². The third-order valence-electron chi connectivity index (χ3n) is 4.50. The molecular formula is C19H23N3O5. The molecule has 1 aliphatic rings. The highest BCUT2D eigenvalue weighted by molar-refractivity contribution is 5.95. The van der Waals surface area contributed by atoms with E-state index in [1.165, 1.54) is 0 Å². The van der Waals surface area contributed by atoms with Crippen LogP contribution in [0.3, 0.4) is 0 Å². The molecule has 0 radical (unpaired) electrons. The Morgan fingerprint density at radius 2 is 2.04 bits per heavy atom. The second-order valence-electron chi connectivity index (χ2n) is 6.68. The average Bonchev–Trinajstić information content (AvgIpc) is 3.06. The van der Waals surface area contributed by atoms with Crippen molar-refractivity contribution in [3.8, 4) is 5.75 Å². The Labute approximate surface area is 157 Å². The summed E-state index contributed by atoms with van der Waals surface area (Å²) in [6.07, 6.45) is 3.44. The molecule has 1 aliphatic heterocycles. The lowest BCUT2D eigenvalue weighted by Gasteiger charge is -2.32. The lowest BCUT2D eigenvalue weighted by Crippen LogP contribution is -2.42. The molecule has 1 N–H and O–H groups in total. The van der Waals surface area contributed by atoms with Gasteiger partial charge in [0.05, 0.1) is 19.3 Å². The van der Waals surface area contributed by atoms with Crippen molar-refractivity contribution in [2.24, 2.45) is 7.05 Å². The summed E-state index contributed by atoms with van der Waals surface area (Å²) in [5, 5.41) is 12.9. The predicted octanol–water partition coefficient (Wildman–Crippen LogP) is 1.71. The minimum Gasteiger partial charge on any atom is -0.481 e. The van der Waals surface area contributed by atoms with Crippen LogP contribution in [-0.4, -0.2) is 58.0 Å². The number of carboxylic acid groups (broad SMARTS) is 1. The van der Waals surface area contributed by atoms with Crippen molar-refractivity contribution < 1.29 is 24.2 Å². The van der Waals surface area contributed by atoms with E-state index in [-0.39, 0.29) is 12.0 Å². The van der Waals surface area contributed by atoms with E-state index >= 15 is 0 Å². The first-order valence-electron chi connectivity index (χ1n) is 8.70. The van der Waals surface area contributed by atoms with E-state index in [9.17, 15) is 9.59 Å². The molecule has 8 heteroatoms. The molecule has 0 spiro atoms. The van der Waals surface area contributed by atoms with Gasteiger partial charge in [0.1, 0.15) is 11.9 Å². The highest BCUT2D eigenvalue weighted by Gasteiger charge is 2.27. The number of morpholine rings is 1. The molecule has 1 saturated heterocycles. The van der Waals surface area contributed by atoms with Gasteiger partial charge in [-0.15, -0.1) is 0 Å². The van der Waals surface area contributed by atoms with Crippen LogP contribution in [0, 0.1) is 13.8 Å². The second kappa shape index (κ2) is 7.79. The van der Waals surface area contributed by atoms with Crippen molar-refractivity contribution in [3.05, 3.63) is 46.8 Å². The van der Waals surface area contributed by atoms with E-state index in [4.69, 9.17) is 14.6 Å². The summed E-state index contributed by atoms with van der Waals surface area (Å²) in [5.41, 5.74) is 2.97. The number of aromatic nitrogens is 2. The zero-order valence-electron chi connectivity index (χ0n) is 15.6. The third kappa shape index (κ3) is 4.28. The molecule has 1 aromatic carbocycles. The Bertz CT molecular complexity index is 838. The van der Waals surface area contributed by atoms with Crippen molar-refractivity contribution in [3.63, 3.8) is 0 Å². The number of hydrogen-bond acceptors (Lipinski definition) is 5. The highest BCUT2D eigenvalue weighted by atomic mass is 16.5. The number of nitrogens with zero attached hydrogens (tertiary/aromatic N) is 3. The Balaban J connectivity index is 1.75. The molecule has 144 valence electrons. The fourth-order valence-electron chi connectivity index (χ4n) is 3.26. The molecule has 1 amide bonds. The number of rotatable bonds is 5. The summed E-state index contributed by atoms with van der Waals surface area (Å²) in [6.45, 7) is 4.64. The van der Waals surface area contributed by atoms with Gasteiger partial charge in [-0.1, -0.05) is 0 Å². The van der Waals surface area contributed by atoms with Crippen molar-refractivity contribution in [1.29, 1.82) is 0 Å². The maximum absolute atomic E-state index is 13.0. The second-order valence-corrected chi connectivity index (χ2v) is 6.68. The van der Waals surface area contributed by atoms with Gasteiger partial charge in [0.15, 0.2) is 6.61 Å². The van der Waals surface area contributed by atoms with E-state index < -0.39 is 12.6 Å². The van der Waals surface area contributed by atoms with Crippen LogP contribution in [0.5, 0.6) is 5.75 Å². The minimum atomic E-state index is -1.04. The van der Waals surface area contributed by atoms with Crippen molar-refractivity contribution >= 4 is 11.9 Å². The van der Waals surface area contributed by atoms with Gasteiger partial charge < -0.3 is 19.5 Å². The van der Waals surface area contributed by atoms with Gasteiger partial charge in [-0.2, -0.15) is 5.10 Å². The van der Waals surface area contributed by atoms with E-state index in [1.807, 2.05) is 13.2 Å². The molecule has 3 rings (SSSR count). The topological polar surface area (TPSA) is 93.9 Å². The summed E-state index contributed by atoms with van der Waals surface area (Å²) in [6, 6.07) is 3.47. The lowest BCUT2D eigenvalue weighted by molar-refractivity contribution is -0.139. The van der Waals surface area contributed by atoms with E-state index in [1.54, 1.807) is 41.8 Å². The molecule has 8 nitrogen and oxygen atoms in total. The number of amides is 1. The normalized spacial score (nSPS) is 17.0. The molecule has 0 bridgehead atoms. The molecule has 0 aliphatic carbocycles. The first kappa shape index (κ1) is 18.9. The fraction of sp³-hybridized carbons (Fsp3) is 0.421. The van der Waals surface area contributed by atoms with Crippen LogP contribution in [0.25, 0.3) is 0 Å². The zero-order valence-corrected chi connectivity index (χ0v) is 15.6. The average molecular weight is 373 g/mol. The number of ether oxygens (including phenoxy) is 2. The maximum Gasteiger partial charge on any atom is 0.341 e. The smallest absolute Gasteiger partial charge is 0.341 e. The minimum absolute atomic E-state index is 0.0804. The first-order valence-corrected chi connectivity index (χ1v) is 8.70. The van der Waals surface area contributed by atoms with Gasteiger partial charge in [0, 0.05) is 30.9 Å². The number of carboxylic acids is 1. The SMILES string of the molecule is Cc1cc(C(=O)N2CCOC(c3cnn(C)c3)C2)cc(C)c1OCC(=O)O. The molecule has 1 atom stereocenters. The predicted molar refractivity (Wildman–Crippen MR) is 96.9 cm³/mol. The standard InChI is InChI=1S/C19H23N3O5/c1-12-6-14(7-13(2)18(12)27-11-17(23)24)19(25)22-4-5-26-16(10-22)15-8-20-21(3)9-15/h6-9,16H,4-5,10-11H2,1-3H3,(H,23,24). The maximum atomic E-state index is 13.0. The van der Waals surface area contributed by atoms with Crippen LogP contribution >= 0.6 is 0 Å². The highest BCUT2D eigenvalue weighted by Crippen LogP contribution is 2.27. The number of carbonyl (C=O) groups excluding carboxylic acids is 1. The zero-order chi connectivity index (χ0) is 19.6. The summed E-state index contributed by atoms with van der Waals surface area (Å²) in [7, 11) is 1.84. The molecule has 2 aromatic rings. The monoisotopic (exact) mass is 373 g/mol. The third-order valence-corrected chi connectivity index (χ3v) is 4.50. The molecule has 1 fully saturated rings. The first-order chi connectivity index (χ1) is 12.8. The quantitative estimate of drug-likeness (QED) is 0.858. The number of benzene rings is 1. The Morgan fingerprint density at radius 1 is 1.33 bits per heavy atom. The van der Waals surface area contributed by atoms with E-state index in [0.29, 0.717) is 31.0 Å². The van der Waals surface area contributed by atoms with E-state index in [2.05, 4.69) is 5.10 Å². The Morgan fingerprint density at radius 3 is 2.63 bits per heavy atom. The number of aryl methyl sites for hydroxylation is 3. The molecule has 27 heavy (non-hydrogen) atoms. The van der Waals surface area contributed by atoms with Crippen LogP contribution in [-0.2, 0) is 16.6 Å². The number of aliphatic carboxylic acids is 1. The molecule has 2 heterocycles. The van der Waals surface area contributed by atoms with Gasteiger partial charge in [-0.05, 0) is 37.1 Å². The number of hydrogen-bond donors (Lipinski definition) is 1. The van der Waals surface area contributed by atoms with Crippen LogP contribution in [0.4, 0.5) is 0 Å². The number of carbonyl (C=O) groups is 2. The van der Waals surface area contributed by atoms with E-state index in [0.717, 1.165) is 16.7 Å². The van der Waals surface area contributed by atoms with Crippen molar-refractivity contribution in [2.45, 2.75) is 20.0 Å². The van der Waals surface area contributed by atoms with Crippen LogP contribution in [0.2, 0.25) is 0 Å². The molecule has 1 aromatic heterocycles. The van der Waals surface area contributed by atoms with Crippen molar-refractivity contribution in [1.82, 2.24) is 14.7 Å². The Hall–Kier alpha value is -2.87. The van der Waals surface area contributed by atoms with Gasteiger partial charge in [-0.3, -0.25) is 9.48 Å². The van der Waals surface area contributed by atoms with Crippen LogP contribution in [0.1, 0.15) is 33.2 Å². The molecular weight excluding hydrogens is 350 g/mol. The van der Waals surface area contributed by atoms with Gasteiger partial charge in [0.2, 0.25) is 0 Å². The summed E-state index contributed by atoms with van der Waals surface area (Å²) >= 11 is 0. The summed E-state index contributed by atoms with van der Waals surface area (Å²) in [5.74, 6) is -0.615. The Kier molecular flexibility index (Phi) is 5.46. The van der Waals surface area contributed by atoms with Gasteiger partial charge in [-0.25, -0.2) is 4.79 Å². The summed E-state index contributed by atoms with van der Waals surface area (Å²) < 4.78 is 12.8. The molecule has 0 saturated carbocycles. The lowest BCUT2D eigenvalue weighted by atomic mass is 10.0. The van der Waals surface area contributed by atoms with Gasteiger partial charge >= 0.3 is 5.97 Å². The largest absolute Gasteiger partial charge is 0.481 e. The summed E-state index contributed by atoms with van der Waals surface area (Å²) in [4.78, 5) is 25.5.